The van der Waals surface area contributed by atoms with Crippen LogP contribution in [0.1, 0.15) is 19.4 Å². The highest BCUT2D eigenvalue weighted by molar-refractivity contribution is 9.10. The largest absolute Gasteiger partial charge is 0.348 e. The molecule has 0 bridgehead atoms. The van der Waals surface area contributed by atoms with Crippen LogP contribution in [0.15, 0.2) is 33.8 Å². The van der Waals surface area contributed by atoms with Crippen molar-refractivity contribution in [2.24, 2.45) is 11.0 Å². The smallest absolute Gasteiger partial charge is 0.329 e. The van der Waals surface area contributed by atoms with Gasteiger partial charge in [-0.15, -0.1) is 0 Å². The summed E-state index contributed by atoms with van der Waals surface area (Å²) in [5, 5.41) is 6.23. The number of carbonyl (C=O) groups excluding carboxylic acids is 2. The first-order valence-corrected chi connectivity index (χ1v) is 6.65. The summed E-state index contributed by atoms with van der Waals surface area (Å²) in [5.41, 5.74) is 3.00. The highest BCUT2D eigenvalue weighted by Gasteiger charge is 2.11. The number of carbonyl (C=O) groups is 2. The molecule has 0 heterocycles. The lowest BCUT2D eigenvalue weighted by Crippen LogP contribution is -2.39. The lowest BCUT2D eigenvalue weighted by atomic mass is 10.2. The number of hydrogen-bond donors (Lipinski definition) is 2. The van der Waals surface area contributed by atoms with Gasteiger partial charge < -0.3 is 5.32 Å². The van der Waals surface area contributed by atoms with E-state index in [-0.39, 0.29) is 0 Å². The van der Waals surface area contributed by atoms with Crippen LogP contribution in [0.5, 0.6) is 0 Å². The fraction of sp³-hybridized carbons (Fsp3) is 0.308. The number of rotatable bonds is 4. The standard InChI is InChI=1S/C13H16BrN3O2/c1-9(2)7-15-12(18)13(19)17-16-8-10-3-5-11(14)6-4-10/h3-6,8-9H,7H2,1-2H3,(H,15,18)(H,17,19)/b16-8-. The number of nitrogens with zero attached hydrogens (tertiary/aromatic N) is 1. The predicted molar refractivity (Wildman–Crippen MR) is 77.7 cm³/mol. The van der Waals surface area contributed by atoms with Gasteiger partial charge in [0.05, 0.1) is 6.21 Å². The van der Waals surface area contributed by atoms with Crippen LogP contribution in [0.2, 0.25) is 0 Å². The van der Waals surface area contributed by atoms with Crippen LogP contribution >= 0.6 is 15.9 Å². The van der Waals surface area contributed by atoms with Crippen LogP contribution in [-0.2, 0) is 9.59 Å². The minimum absolute atomic E-state index is 0.294. The number of benzene rings is 1. The molecule has 0 atom stereocenters. The minimum atomic E-state index is -0.769. The maximum Gasteiger partial charge on any atom is 0.329 e. The highest BCUT2D eigenvalue weighted by atomic mass is 79.9. The Balaban J connectivity index is 2.41. The van der Waals surface area contributed by atoms with E-state index in [4.69, 9.17) is 0 Å². The number of amides is 2. The summed E-state index contributed by atoms with van der Waals surface area (Å²) < 4.78 is 0.960. The van der Waals surface area contributed by atoms with Crippen LogP contribution < -0.4 is 10.7 Å². The van der Waals surface area contributed by atoms with E-state index in [1.54, 1.807) is 0 Å². The number of halogens is 1. The fourth-order valence-electron chi connectivity index (χ4n) is 1.14. The molecule has 0 fully saturated rings. The Morgan fingerprint density at radius 1 is 1.26 bits per heavy atom. The van der Waals surface area contributed by atoms with Crippen molar-refractivity contribution in [3.63, 3.8) is 0 Å². The molecule has 0 saturated carbocycles. The molecule has 1 aromatic rings. The molecule has 0 aliphatic carbocycles. The van der Waals surface area contributed by atoms with E-state index in [9.17, 15) is 9.59 Å². The van der Waals surface area contributed by atoms with Gasteiger partial charge >= 0.3 is 11.8 Å². The van der Waals surface area contributed by atoms with E-state index in [1.165, 1.54) is 6.21 Å². The van der Waals surface area contributed by atoms with E-state index in [0.717, 1.165) is 10.0 Å². The average molecular weight is 326 g/mol. The first-order valence-electron chi connectivity index (χ1n) is 5.86. The summed E-state index contributed by atoms with van der Waals surface area (Å²) in [7, 11) is 0. The molecule has 6 heteroatoms. The zero-order valence-corrected chi connectivity index (χ0v) is 12.4. The van der Waals surface area contributed by atoms with Gasteiger partial charge in [0.1, 0.15) is 0 Å². The van der Waals surface area contributed by atoms with E-state index >= 15 is 0 Å². The third kappa shape index (κ3) is 6.15. The van der Waals surface area contributed by atoms with Crippen molar-refractivity contribution in [2.45, 2.75) is 13.8 Å². The third-order valence-electron chi connectivity index (χ3n) is 2.13. The van der Waals surface area contributed by atoms with Gasteiger partial charge in [-0.3, -0.25) is 9.59 Å². The summed E-state index contributed by atoms with van der Waals surface area (Å²) in [6.07, 6.45) is 1.47. The maximum absolute atomic E-state index is 11.4. The fourth-order valence-corrected chi connectivity index (χ4v) is 1.41. The van der Waals surface area contributed by atoms with Crippen molar-refractivity contribution in [1.82, 2.24) is 10.7 Å². The minimum Gasteiger partial charge on any atom is -0.348 e. The molecule has 0 aliphatic rings. The molecular formula is C13H16BrN3O2. The second kappa shape index (κ2) is 7.68. The van der Waals surface area contributed by atoms with Gasteiger partial charge in [-0.05, 0) is 23.6 Å². The first-order chi connectivity index (χ1) is 8.99. The Kier molecular flexibility index (Phi) is 6.21. The molecule has 102 valence electrons. The van der Waals surface area contributed by atoms with Gasteiger partial charge in [0.2, 0.25) is 0 Å². The molecule has 0 radical (unpaired) electrons. The van der Waals surface area contributed by atoms with Gasteiger partial charge in [-0.2, -0.15) is 5.10 Å². The lowest BCUT2D eigenvalue weighted by molar-refractivity contribution is -0.139. The Labute approximate surface area is 120 Å². The van der Waals surface area contributed by atoms with E-state index in [2.05, 4.69) is 31.8 Å². The maximum atomic E-state index is 11.4. The van der Waals surface area contributed by atoms with E-state index in [1.807, 2.05) is 38.1 Å². The Hall–Kier alpha value is -1.69. The molecule has 0 aliphatic heterocycles. The normalized spacial score (nSPS) is 10.7. The zero-order chi connectivity index (χ0) is 14.3. The Bertz CT molecular complexity index is 469. The SMILES string of the molecule is CC(C)CNC(=O)C(=O)N/N=C\c1ccc(Br)cc1. The van der Waals surface area contributed by atoms with Crippen molar-refractivity contribution in [1.29, 1.82) is 0 Å². The van der Waals surface area contributed by atoms with Crippen molar-refractivity contribution in [3.05, 3.63) is 34.3 Å². The van der Waals surface area contributed by atoms with Gasteiger partial charge in [-0.1, -0.05) is 41.9 Å². The molecule has 5 nitrogen and oxygen atoms in total. The van der Waals surface area contributed by atoms with Gasteiger partial charge in [-0.25, -0.2) is 5.43 Å². The van der Waals surface area contributed by atoms with Crippen molar-refractivity contribution < 1.29 is 9.59 Å². The van der Waals surface area contributed by atoms with Gasteiger partial charge in [0, 0.05) is 11.0 Å². The van der Waals surface area contributed by atoms with Crippen LogP contribution in [0.25, 0.3) is 0 Å². The van der Waals surface area contributed by atoms with Crippen LogP contribution in [0.3, 0.4) is 0 Å². The highest BCUT2D eigenvalue weighted by Crippen LogP contribution is 2.08. The molecule has 2 N–H and O–H groups in total. The molecule has 0 saturated heterocycles. The molecule has 0 spiro atoms. The second-order valence-corrected chi connectivity index (χ2v) is 5.27. The van der Waals surface area contributed by atoms with Crippen molar-refractivity contribution >= 4 is 34.0 Å². The number of hydrazone groups is 1. The Morgan fingerprint density at radius 3 is 2.47 bits per heavy atom. The quantitative estimate of drug-likeness (QED) is 0.502. The van der Waals surface area contributed by atoms with Gasteiger partial charge in [0.15, 0.2) is 0 Å². The third-order valence-corrected chi connectivity index (χ3v) is 2.66. The summed E-state index contributed by atoms with van der Waals surface area (Å²) in [4.78, 5) is 22.7. The summed E-state index contributed by atoms with van der Waals surface area (Å²) in [5.74, 6) is -1.15. The monoisotopic (exact) mass is 325 g/mol. The average Bonchev–Trinajstić information content (AvgIpc) is 2.38. The topological polar surface area (TPSA) is 70.6 Å². The van der Waals surface area contributed by atoms with Gasteiger partial charge in [0.25, 0.3) is 0 Å². The van der Waals surface area contributed by atoms with Crippen molar-refractivity contribution in [2.75, 3.05) is 6.54 Å². The summed E-state index contributed by atoms with van der Waals surface area (Å²) in [6.45, 7) is 4.36. The lowest BCUT2D eigenvalue weighted by Gasteiger charge is -2.05. The zero-order valence-electron chi connectivity index (χ0n) is 10.8. The van der Waals surface area contributed by atoms with Crippen molar-refractivity contribution in [3.8, 4) is 0 Å². The van der Waals surface area contributed by atoms with E-state index < -0.39 is 11.8 Å². The summed E-state index contributed by atoms with van der Waals surface area (Å²) in [6, 6.07) is 7.38. The van der Waals surface area contributed by atoms with Crippen LogP contribution in [0, 0.1) is 5.92 Å². The van der Waals surface area contributed by atoms with Crippen LogP contribution in [-0.4, -0.2) is 24.6 Å². The number of hydrogen-bond acceptors (Lipinski definition) is 3. The molecule has 0 unspecified atom stereocenters. The molecule has 1 aromatic carbocycles. The Morgan fingerprint density at radius 2 is 1.89 bits per heavy atom. The molecular weight excluding hydrogens is 310 g/mol. The molecule has 1 rings (SSSR count). The summed E-state index contributed by atoms with van der Waals surface area (Å²) >= 11 is 3.32. The number of nitrogens with one attached hydrogen (secondary N) is 2. The van der Waals surface area contributed by atoms with Crippen LogP contribution in [0.4, 0.5) is 0 Å². The predicted octanol–water partition coefficient (Wildman–Crippen LogP) is 1.67. The van der Waals surface area contributed by atoms with E-state index in [0.29, 0.717) is 12.5 Å². The molecule has 2 amide bonds. The molecule has 19 heavy (non-hydrogen) atoms. The molecule has 0 aromatic heterocycles. The first kappa shape index (κ1) is 15.4. The second-order valence-electron chi connectivity index (χ2n) is 4.35.